The number of hydrogen-bond donors (Lipinski definition) is 1. The molecule has 1 N–H and O–H groups in total. The van der Waals surface area contributed by atoms with Crippen molar-refractivity contribution in [3.63, 3.8) is 0 Å². The molecule has 0 radical (unpaired) electrons. The number of ether oxygens (including phenoxy) is 1. The van der Waals surface area contributed by atoms with Crippen molar-refractivity contribution in [2.75, 3.05) is 6.61 Å². The summed E-state index contributed by atoms with van der Waals surface area (Å²) in [6.07, 6.45) is 6.55. The molecule has 0 aromatic heterocycles. The van der Waals surface area contributed by atoms with Gasteiger partial charge < -0.3 is 10.1 Å². The maximum atomic E-state index is 13.2. The van der Waals surface area contributed by atoms with Crippen LogP contribution < -0.4 is 5.32 Å². The van der Waals surface area contributed by atoms with Gasteiger partial charge in [-0.1, -0.05) is 6.42 Å². The minimum absolute atomic E-state index is 0.139. The molecule has 3 fully saturated rings. The number of amides is 2. The third-order valence-electron chi connectivity index (χ3n) is 5.43. The Kier molecular flexibility index (Phi) is 4.23. The summed E-state index contributed by atoms with van der Waals surface area (Å²) in [4.78, 5) is 27.5. The Labute approximate surface area is 146 Å². The fraction of sp³-hybridized carbons (Fsp3) is 0.579. The quantitative estimate of drug-likeness (QED) is 0.915. The molecule has 1 aromatic carbocycles. The molecule has 1 aliphatic heterocycles. The summed E-state index contributed by atoms with van der Waals surface area (Å²) in [6, 6.07) is 5.12. The minimum atomic E-state index is -0.699. The highest BCUT2D eigenvalue weighted by atomic mass is 19.1. The van der Waals surface area contributed by atoms with Crippen molar-refractivity contribution in [3.05, 3.63) is 35.6 Å². The van der Waals surface area contributed by atoms with Crippen LogP contribution in [-0.2, 0) is 9.53 Å². The van der Waals surface area contributed by atoms with Gasteiger partial charge >= 0.3 is 0 Å². The predicted molar refractivity (Wildman–Crippen MR) is 89.3 cm³/mol. The summed E-state index contributed by atoms with van der Waals surface area (Å²) in [7, 11) is 0. The molecule has 0 bridgehead atoms. The number of benzene rings is 1. The fourth-order valence-electron chi connectivity index (χ4n) is 3.93. The van der Waals surface area contributed by atoms with Crippen LogP contribution in [0.1, 0.15) is 55.3 Å². The lowest BCUT2D eigenvalue weighted by molar-refractivity contribution is -0.127. The summed E-state index contributed by atoms with van der Waals surface area (Å²) >= 11 is 0. The number of hydrogen-bond acceptors (Lipinski definition) is 3. The van der Waals surface area contributed by atoms with Crippen LogP contribution in [0.4, 0.5) is 4.39 Å². The van der Waals surface area contributed by atoms with E-state index in [1.54, 1.807) is 4.90 Å². The van der Waals surface area contributed by atoms with Crippen LogP contribution in [0.15, 0.2) is 24.3 Å². The number of carbonyl (C=O) groups excluding carboxylic acids is 2. The van der Waals surface area contributed by atoms with Crippen molar-refractivity contribution < 1.29 is 18.7 Å². The Balaban J connectivity index is 1.64. The molecule has 1 unspecified atom stereocenters. The van der Waals surface area contributed by atoms with Crippen LogP contribution in [0.3, 0.4) is 0 Å². The Morgan fingerprint density at radius 1 is 1.12 bits per heavy atom. The summed E-state index contributed by atoms with van der Waals surface area (Å²) in [5.41, 5.74) is -0.309. The molecule has 2 amide bonds. The third-order valence-corrected chi connectivity index (χ3v) is 5.43. The summed E-state index contributed by atoms with van der Waals surface area (Å²) in [5.74, 6) is -0.777. The van der Waals surface area contributed by atoms with Crippen LogP contribution in [0.25, 0.3) is 0 Å². The molecule has 25 heavy (non-hydrogen) atoms. The number of nitrogens with zero attached hydrogens (tertiary/aromatic N) is 1. The van der Waals surface area contributed by atoms with E-state index in [0.717, 1.165) is 44.9 Å². The lowest BCUT2D eigenvalue weighted by Crippen LogP contribution is -2.56. The second kappa shape index (κ2) is 6.41. The smallest absolute Gasteiger partial charge is 0.256 e. The lowest BCUT2D eigenvalue weighted by atomic mass is 9.89. The number of carbonyl (C=O) groups is 2. The molecule has 3 aliphatic rings. The molecule has 4 rings (SSSR count). The van der Waals surface area contributed by atoms with Gasteiger partial charge in [0.15, 0.2) is 0 Å². The molecule has 6 heteroatoms. The highest BCUT2D eigenvalue weighted by molar-refractivity contribution is 5.98. The molecular weight excluding hydrogens is 323 g/mol. The number of halogens is 1. The molecule has 1 saturated heterocycles. The zero-order valence-electron chi connectivity index (χ0n) is 14.2. The topological polar surface area (TPSA) is 58.6 Å². The first-order chi connectivity index (χ1) is 12.1. The van der Waals surface area contributed by atoms with Crippen LogP contribution >= 0.6 is 0 Å². The second-order valence-electron chi connectivity index (χ2n) is 7.30. The van der Waals surface area contributed by atoms with Crippen LogP contribution in [0.5, 0.6) is 0 Å². The van der Waals surface area contributed by atoms with Gasteiger partial charge in [0, 0.05) is 11.6 Å². The van der Waals surface area contributed by atoms with Gasteiger partial charge in [0.25, 0.3) is 5.91 Å². The van der Waals surface area contributed by atoms with E-state index in [-0.39, 0.29) is 30.3 Å². The first kappa shape index (κ1) is 16.5. The van der Waals surface area contributed by atoms with Crippen molar-refractivity contribution in [1.29, 1.82) is 0 Å². The van der Waals surface area contributed by atoms with Crippen molar-refractivity contribution in [2.24, 2.45) is 0 Å². The molecule has 134 valence electrons. The highest BCUT2D eigenvalue weighted by Gasteiger charge is 2.53. The largest absolute Gasteiger partial charge is 0.353 e. The van der Waals surface area contributed by atoms with Gasteiger partial charge in [0.1, 0.15) is 17.6 Å². The molecule has 1 heterocycles. The third kappa shape index (κ3) is 3.15. The van der Waals surface area contributed by atoms with Crippen molar-refractivity contribution >= 4 is 11.8 Å². The number of rotatable bonds is 3. The van der Waals surface area contributed by atoms with Gasteiger partial charge in [-0.25, -0.2) is 4.39 Å². The van der Waals surface area contributed by atoms with Crippen LogP contribution in [0.2, 0.25) is 0 Å². The van der Waals surface area contributed by atoms with Crippen LogP contribution in [-0.4, -0.2) is 41.1 Å². The Morgan fingerprint density at radius 2 is 1.80 bits per heavy atom. The molecule has 2 aliphatic carbocycles. The van der Waals surface area contributed by atoms with Crippen molar-refractivity contribution in [2.45, 2.75) is 62.8 Å². The average molecular weight is 346 g/mol. The Hall–Kier alpha value is -1.95. The van der Waals surface area contributed by atoms with Crippen molar-refractivity contribution in [3.8, 4) is 0 Å². The van der Waals surface area contributed by atoms with E-state index in [1.165, 1.54) is 24.3 Å². The number of nitrogens with one attached hydrogen (secondary N) is 1. The summed E-state index contributed by atoms with van der Waals surface area (Å²) < 4.78 is 19.3. The maximum Gasteiger partial charge on any atom is 0.256 e. The molecule has 1 aromatic rings. The van der Waals surface area contributed by atoms with Crippen LogP contribution in [0, 0.1) is 5.82 Å². The monoisotopic (exact) mass is 346 g/mol. The standard InChI is InChI=1S/C19H23FN2O3/c20-14-6-4-13(5-7-14)18(24)22-16(17(23)21-15-8-9-15)12-25-19(22)10-2-1-3-11-19/h4-7,15-16H,1-3,8-12H2,(H,21,23). The first-order valence-electron chi connectivity index (χ1n) is 9.13. The molecule has 5 nitrogen and oxygen atoms in total. The molecule has 2 saturated carbocycles. The van der Waals surface area contributed by atoms with E-state index < -0.39 is 11.8 Å². The van der Waals surface area contributed by atoms with Crippen molar-refractivity contribution in [1.82, 2.24) is 10.2 Å². The second-order valence-corrected chi connectivity index (χ2v) is 7.30. The summed E-state index contributed by atoms with van der Waals surface area (Å²) in [5, 5.41) is 2.99. The minimum Gasteiger partial charge on any atom is -0.353 e. The lowest BCUT2D eigenvalue weighted by Gasteiger charge is -2.41. The zero-order valence-corrected chi connectivity index (χ0v) is 14.2. The van der Waals surface area contributed by atoms with Gasteiger partial charge in [-0.05, 0) is 62.8 Å². The average Bonchev–Trinajstić information content (AvgIpc) is 3.36. The SMILES string of the molecule is O=C(NC1CC1)C1COC2(CCCCC2)N1C(=O)c1ccc(F)cc1. The zero-order chi connectivity index (χ0) is 17.4. The molecule has 1 atom stereocenters. The first-order valence-corrected chi connectivity index (χ1v) is 9.13. The van der Waals surface area contributed by atoms with Gasteiger partial charge in [0.05, 0.1) is 6.61 Å². The Morgan fingerprint density at radius 3 is 2.44 bits per heavy atom. The van der Waals surface area contributed by atoms with E-state index in [1.807, 2.05) is 0 Å². The predicted octanol–water partition coefficient (Wildman–Crippen LogP) is 2.61. The van der Waals surface area contributed by atoms with Gasteiger partial charge in [0.2, 0.25) is 5.91 Å². The van der Waals surface area contributed by atoms with E-state index >= 15 is 0 Å². The summed E-state index contributed by atoms with van der Waals surface area (Å²) in [6.45, 7) is 0.228. The van der Waals surface area contributed by atoms with Gasteiger partial charge in [-0.3, -0.25) is 14.5 Å². The molecule has 1 spiro atoms. The normalized spacial score (nSPS) is 25.2. The maximum absolute atomic E-state index is 13.2. The van der Waals surface area contributed by atoms with Gasteiger partial charge in [-0.15, -0.1) is 0 Å². The van der Waals surface area contributed by atoms with E-state index in [4.69, 9.17) is 4.74 Å². The molecular formula is C19H23FN2O3. The van der Waals surface area contributed by atoms with E-state index in [0.29, 0.717) is 5.56 Å². The van der Waals surface area contributed by atoms with E-state index in [2.05, 4.69) is 5.32 Å². The van der Waals surface area contributed by atoms with E-state index in [9.17, 15) is 14.0 Å². The Bertz CT molecular complexity index is 666. The fourth-order valence-corrected chi connectivity index (χ4v) is 3.93. The van der Waals surface area contributed by atoms with Gasteiger partial charge in [-0.2, -0.15) is 0 Å². The highest BCUT2D eigenvalue weighted by Crippen LogP contribution is 2.41.